The standard InChI is InChI=1S/C14H29NO2/c1-14(2,3)17-11-12(15-4)7-5-8-13-9-6-10-16-13/h12-13,15H,5-11H2,1-4H3. The van der Waals surface area contributed by atoms with Gasteiger partial charge in [-0.1, -0.05) is 0 Å². The van der Waals surface area contributed by atoms with E-state index < -0.39 is 0 Å². The van der Waals surface area contributed by atoms with E-state index in [2.05, 4.69) is 26.1 Å². The lowest BCUT2D eigenvalue weighted by molar-refractivity contribution is -0.0152. The number of rotatable bonds is 7. The molecule has 0 amide bonds. The van der Waals surface area contributed by atoms with Crippen LogP contribution in [-0.2, 0) is 9.47 Å². The molecular formula is C14H29NO2. The van der Waals surface area contributed by atoms with Crippen LogP contribution in [0, 0.1) is 0 Å². The minimum absolute atomic E-state index is 0.0380. The summed E-state index contributed by atoms with van der Waals surface area (Å²) in [5.74, 6) is 0. The van der Waals surface area contributed by atoms with Crippen molar-refractivity contribution in [1.82, 2.24) is 5.32 Å². The van der Waals surface area contributed by atoms with Crippen LogP contribution in [0.5, 0.6) is 0 Å². The first-order valence-electron chi connectivity index (χ1n) is 6.94. The van der Waals surface area contributed by atoms with Crippen molar-refractivity contribution < 1.29 is 9.47 Å². The number of hydrogen-bond acceptors (Lipinski definition) is 3. The Hall–Kier alpha value is -0.120. The summed E-state index contributed by atoms with van der Waals surface area (Å²) in [6.45, 7) is 8.07. The lowest BCUT2D eigenvalue weighted by Crippen LogP contribution is -2.34. The van der Waals surface area contributed by atoms with Gasteiger partial charge in [-0.05, 0) is 59.9 Å². The summed E-state index contributed by atoms with van der Waals surface area (Å²) in [7, 11) is 2.02. The molecule has 0 aromatic rings. The second-order valence-corrected chi connectivity index (χ2v) is 5.97. The molecule has 0 aliphatic carbocycles. The molecule has 3 nitrogen and oxygen atoms in total. The Bertz CT molecular complexity index is 195. The summed E-state index contributed by atoms with van der Waals surface area (Å²) in [5.41, 5.74) is -0.0380. The fraction of sp³-hybridized carbons (Fsp3) is 1.00. The largest absolute Gasteiger partial charge is 0.378 e. The molecule has 0 aromatic carbocycles. The smallest absolute Gasteiger partial charge is 0.0626 e. The van der Waals surface area contributed by atoms with Gasteiger partial charge < -0.3 is 14.8 Å². The maximum absolute atomic E-state index is 5.81. The van der Waals surface area contributed by atoms with Crippen LogP contribution in [0.15, 0.2) is 0 Å². The second-order valence-electron chi connectivity index (χ2n) is 5.97. The van der Waals surface area contributed by atoms with E-state index in [1.165, 1.54) is 32.1 Å². The third-order valence-electron chi connectivity index (χ3n) is 3.23. The van der Waals surface area contributed by atoms with Crippen LogP contribution in [-0.4, -0.2) is 38.0 Å². The Morgan fingerprint density at radius 3 is 2.71 bits per heavy atom. The Balaban J connectivity index is 2.09. The van der Waals surface area contributed by atoms with Crippen molar-refractivity contribution in [3.8, 4) is 0 Å². The normalized spacial score (nSPS) is 22.9. The maximum Gasteiger partial charge on any atom is 0.0626 e. The van der Waals surface area contributed by atoms with Crippen LogP contribution >= 0.6 is 0 Å². The van der Waals surface area contributed by atoms with Crippen LogP contribution in [0.4, 0.5) is 0 Å². The van der Waals surface area contributed by atoms with Gasteiger partial charge in [-0.3, -0.25) is 0 Å². The average molecular weight is 243 g/mol. The lowest BCUT2D eigenvalue weighted by Gasteiger charge is -2.24. The molecule has 0 aromatic heterocycles. The van der Waals surface area contributed by atoms with Gasteiger partial charge in [0.05, 0.1) is 18.3 Å². The Kier molecular flexibility index (Phi) is 6.45. The van der Waals surface area contributed by atoms with E-state index in [0.29, 0.717) is 12.1 Å². The van der Waals surface area contributed by atoms with Crippen molar-refractivity contribution >= 4 is 0 Å². The molecule has 1 rings (SSSR count). The number of ether oxygens (including phenoxy) is 2. The predicted molar refractivity (Wildman–Crippen MR) is 71.4 cm³/mol. The molecule has 102 valence electrons. The van der Waals surface area contributed by atoms with Crippen molar-refractivity contribution in [3.63, 3.8) is 0 Å². The monoisotopic (exact) mass is 243 g/mol. The highest BCUT2D eigenvalue weighted by molar-refractivity contribution is 4.70. The Morgan fingerprint density at radius 2 is 2.18 bits per heavy atom. The summed E-state index contributed by atoms with van der Waals surface area (Å²) in [6.07, 6.45) is 6.62. The van der Waals surface area contributed by atoms with Gasteiger partial charge in [0.15, 0.2) is 0 Å². The van der Waals surface area contributed by atoms with Crippen LogP contribution in [0.2, 0.25) is 0 Å². The fourth-order valence-corrected chi connectivity index (χ4v) is 2.13. The van der Waals surface area contributed by atoms with Crippen molar-refractivity contribution in [3.05, 3.63) is 0 Å². The highest BCUT2D eigenvalue weighted by Crippen LogP contribution is 2.18. The van der Waals surface area contributed by atoms with Crippen molar-refractivity contribution in [2.75, 3.05) is 20.3 Å². The van der Waals surface area contributed by atoms with Gasteiger partial charge in [0.25, 0.3) is 0 Å². The zero-order valence-corrected chi connectivity index (χ0v) is 11.9. The summed E-state index contributed by atoms with van der Waals surface area (Å²) in [6, 6.07) is 0.468. The van der Waals surface area contributed by atoms with Crippen LogP contribution in [0.1, 0.15) is 52.9 Å². The molecule has 0 bridgehead atoms. The van der Waals surface area contributed by atoms with E-state index in [9.17, 15) is 0 Å². The van der Waals surface area contributed by atoms with E-state index in [1.54, 1.807) is 0 Å². The quantitative estimate of drug-likeness (QED) is 0.746. The molecule has 0 spiro atoms. The molecule has 1 heterocycles. The first kappa shape index (κ1) is 14.9. The van der Waals surface area contributed by atoms with E-state index in [-0.39, 0.29) is 5.60 Å². The van der Waals surface area contributed by atoms with Crippen molar-refractivity contribution in [2.45, 2.75) is 70.6 Å². The van der Waals surface area contributed by atoms with Gasteiger partial charge in [-0.2, -0.15) is 0 Å². The molecule has 17 heavy (non-hydrogen) atoms. The van der Waals surface area contributed by atoms with E-state index in [4.69, 9.17) is 9.47 Å². The molecule has 1 aliphatic heterocycles. The van der Waals surface area contributed by atoms with Crippen LogP contribution in [0.25, 0.3) is 0 Å². The zero-order chi connectivity index (χ0) is 12.7. The van der Waals surface area contributed by atoms with Crippen LogP contribution in [0.3, 0.4) is 0 Å². The second kappa shape index (κ2) is 7.34. The van der Waals surface area contributed by atoms with E-state index in [1.807, 2.05) is 7.05 Å². The fourth-order valence-electron chi connectivity index (χ4n) is 2.13. The van der Waals surface area contributed by atoms with Crippen molar-refractivity contribution in [1.29, 1.82) is 0 Å². The first-order chi connectivity index (χ1) is 8.01. The van der Waals surface area contributed by atoms with Crippen molar-refractivity contribution in [2.24, 2.45) is 0 Å². The third kappa shape index (κ3) is 7.02. The molecule has 0 radical (unpaired) electrons. The summed E-state index contributed by atoms with van der Waals surface area (Å²) in [5, 5.41) is 3.33. The highest BCUT2D eigenvalue weighted by atomic mass is 16.5. The summed E-state index contributed by atoms with van der Waals surface area (Å²) in [4.78, 5) is 0. The Morgan fingerprint density at radius 1 is 1.41 bits per heavy atom. The molecule has 2 unspecified atom stereocenters. The molecule has 1 N–H and O–H groups in total. The number of nitrogens with one attached hydrogen (secondary N) is 1. The number of likely N-dealkylation sites (N-methyl/N-ethyl adjacent to an activating group) is 1. The predicted octanol–water partition coefficient (Wildman–Crippen LogP) is 2.74. The SMILES string of the molecule is CNC(CCCC1CCCO1)COC(C)(C)C. The summed E-state index contributed by atoms with van der Waals surface area (Å²) < 4.78 is 11.4. The molecule has 0 saturated carbocycles. The first-order valence-corrected chi connectivity index (χ1v) is 6.94. The van der Waals surface area contributed by atoms with Gasteiger partial charge in [-0.25, -0.2) is 0 Å². The molecule has 1 aliphatic rings. The van der Waals surface area contributed by atoms with E-state index >= 15 is 0 Å². The van der Waals surface area contributed by atoms with Crippen LogP contribution < -0.4 is 5.32 Å². The van der Waals surface area contributed by atoms with Gasteiger partial charge in [0.1, 0.15) is 0 Å². The number of hydrogen-bond donors (Lipinski definition) is 1. The minimum atomic E-state index is -0.0380. The molecule has 1 saturated heterocycles. The molecule has 1 fully saturated rings. The lowest BCUT2D eigenvalue weighted by atomic mass is 10.1. The van der Waals surface area contributed by atoms with Gasteiger partial charge in [0, 0.05) is 12.6 Å². The third-order valence-corrected chi connectivity index (χ3v) is 3.23. The summed E-state index contributed by atoms with van der Waals surface area (Å²) >= 11 is 0. The zero-order valence-electron chi connectivity index (χ0n) is 11.9. The maximum atomic E-state index is 5.81. The topological polar surface area (TPSA) is 30.5 Å². The van der Waals surface area contributed by atoms with Gasteiger partial charge in [0.2, 0.25) is 0 Å². The Labute approximate surface area is 106 Å². The van der Waals surface area contributed by atoms with E-state index in [0.717, 1.165) is 13.2 Å². The molecular weight excluding hydrogens is 214 g/mol. The highest BCUT2D eigenvalue weighted by Gasteiger charge is 2.17. The molecule has 3 heteroatoms. The average Bonchev–Trinajstić information content (AvgIpc) is 2.74. The van der Waals surface area contributed by atoms with Gasteiger partial charge >= 0.3 is 0 Å². The minimum Gasteiger partial charge on any atom is -0.378 e. The molecule has 2 atom stereocenters. The van der Waals surface area contributed by atoms with Gasteiger partial charge in [-0.15, -0.1) is 0 Å².